The van der Waals surface area contributed by atoms with E-state index in [2.05, 4.69) is 45.9 Å². The number of hydrogen-bond acceptors (Lipinski definition) is 1. The number of nitrogens with zero attached hydrogens (tertiary/aromatic N) is 1. The zero-order valence-electron chi connectivity index (χ0n) is 13.8. The maximum Gasteiger partial charge on any atom is 0.258 e. The summed E-state index contributed by atoms with van der Waals surface area (Å²) in [7, 11) is 0. The molecule has 2 heteroatoms. The number of carbonyl (C=O) groups excluding carboxylic acids is 1. The number of rotatable bonds is 1. The van der Waals surface area contributed by atoms with Crippen LogP contribution < -0.4 is 4.90 Å². The van der Waals surface area contributed by atoms with Gasteiger partial charge in [0, 0.05) is 16.8 Å². The molecular formula is C20H23NO. The number of amides is 1. The van der Waals surface area contributed by atoms with Gasteiger partial charge in [-0.3, -0.25) is 4.79 Å². The zero-order chi connectivity index (χ0) is 15.9. The van der Waals surface area contributed by atoms with Gasteiger partial charge in [-0.1, -0.05) is 42.8 Å². The second-order valence-corrected chi connectivity index (χ2v) is 6.99. The molecule has 0 aliphatic carbocycles. The predicted octanol–water partition coefficient (Wildman–Crippen LogP) is 4.93. The standard InChI is InChI=1S/C20H23NO/c1-14-10-11-18-17(12-14)15(2)13-20(3,4)21(18)19(22)16-8-6-5-7-9-16/h5-12,15H,13H2,1-4H3. The van der Waals surface area contributed by atoms with Crippen LogP contribution >= 0.6 is 0 Å². The molecule has 22 heavy (non-hydrogen) atoms. The number of hydrogen-bond donors (Lipinski definition) is 0. The minimum Gasteiger partial charge on any atom is -0.303 e. The highest BCUT2D eigenvalue weighted by Crippen LogP contribution is 2.44. The number of aryl methyl sites for hydroxylation is 1. The molecule has 0 bridgehead atoms. The molecule has 0 aromatic heterocycles. The monoisotopic (exact) mass is 293 g/mol. The van der Waals surface area contributed by atoms with Crippen LogP contribution in [0.3, 0.4) is 0 Å². The third-order valence-electron chi connectivity index (χ3n) is 4.59. The SMILES string of the molecule is Cc1ccc2c(c1)C(C)CC(C)(C)N2C(=O)c1ccccc1. The fourth-order valence-electron chi connectivity index (χ4n) is 3.64. The smallest absolute Gasteiger partial charge is 0.258 e. The summed E-state index contributed by atoms with van der Waals surface area (Å²) in [5, 5.41) is 0. The van der Waals surface area contributed by atoms with Crippen molar-refractivity contribution in [2.24, 2.45) is 0 Å². The van der Waals surface area contributed by atoms with E-state index in [-0.39, 0.29) is 11.4 Å². The number of anilines is 1. The Labute approximate surface area is 132 Å². The Kier molecular flexibility index (Phi) is 3.56. The Morgan fingerprint density at radius 2 is 1.82 bits per heavy atom. The average Bonchev–Trinajstić information content (AvgIpc) is 2.48. The first kappa shape index (κ1) is 14.8. The van der Waals surface area contributed by atoms with Gasteiger partial charge in [-0.25, -0.2) is 0 Å². The van der Waals surface area contributed by atoms with Crippen LogP contribution in [0.5, 0.6) is 0 Å². The lowest BCUT2D eigenvalue weighted by atomic mass is 9.79. The molecule has 0 N–H and O–H groups in total. The van der Waals surface area contributed by atoms with Crippen molar-refractivity contribution in [3.63, 3.8) is 0 Å². The molecule has 0 saturated heterocycles. The molecule has 0 spiro atoms. The van der Waals surface area contributed by atoms with Crippen LogP contribution in [0.15, 0.2) is 48.5 Å². The summed E-state index contributed by atoms with van der Waals surface area (Å²) in [6.07, 6.45) is 0.974. The van der Waals surface area contributed by atoms with Crippen LogP contribution in [0.4, 0.5) is 5.69 Å². The largest absolute Gasteiger partial charge is 0.303 e. The summed E-state index contributed by atoms with van der Waals surface area (Å²) in [4.78, 5) is 15.1. The molecule has 1 heterocycles. The maximum absolute atomic E-state index is 13.1. The summed E-state index contributed by atoms with van der Waals surface area (Å²) in [6.45, 7) is 8.68. The van der Waals surface area contributed by atoms with E-state index in [1.807, 2.05) is 35.2 Å². The van der Waals surface area contributed by atoms with Crippen molar-refractivity contribution in [1.82, 2.24) is 0 Å². The summed E-state index contributed by atoms with van der Waals surface area (Å²) < 4.78 is 0. The molecule has 0 saturated carbocycles. The molecule has 2 aromatic carbocycles. The average molecular weight is 293 g/mol. The first-order chi connectivity index (χ1) is 10.4. The highest BCUT2D eigenvalue weighted by Gasteiger charge is 2.40. The van der Waals surface area contributed by atoms with Crippen molar-refractivity contribution in [2.75, 3.05) is 4.90 Å². The molecule has 2 aromatic rings. The van der Waals surface area contributed by atoms with E-state index in [1.54, 1.807) is 0 Å². The van der Waals surface area contributed by atoms with Gasteiger partial charge in [0.1, 0.15) is 0 Å². The van der Waals surface area contributed by atoms with E-state index >= 15 is 0 Å². The molecule has 1 unspecified atom stereocenters. The Balaban J connectivity index is 2.13. The van der Waals surface area contributed by atoms with Crippen molar-refractivity contribution < 1.29 is 4.79 Å². The van der Waals surface area contributed by atoms with E-state index in [1.165, 1.54) is 11.1 Å². The number of fused-ring (bicyclic) bond motifs is 1. The highest BCUT2D eigenvalue weighted by atomic mass is 16.2. The highest BCUT2D eigenvalue weighted by molar-refractivity contribution is 6.07. The lowest BCUT2D eigenvalue weighted by Crippen LogP contribution is -2.51. The van der Waals surface area contributed by atoms with Gasteiger partial charge in [0.2, 0.25) is 0 Å². The first-order valence-corrected chi connectivity index (χ1v) is 7.90. The third kappa shape index (κ3) is 2.43. The molecule has 0 radical (unpaired) electrons. The number of benzene rings is 2. The Morgan fingerprint density at radius 3 is 2.50 bits per heavy atom. The van der Waals surface area contributed by atoms with Gasteiger partial charge in [0.25, 0.3) is 5.91 Å². The van der Waals surface area contributed by atoms with Crippen LogP contribution in [0.1, 0.15) is 54.6 Å². The molecule has 2 nitrogen and oxygen atoms in total. The van der Waals surface area contributed by atoms with Crippen LogP contribution in [0.2, 0.25) is 0 Å². The summed E-state index contributed by atoms with van der Waals surface area (Å²) in [6, 6.07) is 16.0. The Morgan fingerprint density at radius 1 is 1.14 bits per heavy atom. The molecule has 1 aliphatic rings. The summed E-state index contributed by atoms with van der Waals surface area (Å²) >= 11 is 0. The Hall–Kier alpha value is -2.09. The van der Waals surface area contributed by atoms with Crippen molar-refractivity contribution in [2.45, 2.75) is 45.6 Å². The summed E-state index contributed by atoms with van der Waals surface area (Å²) in [5.41, 5.74) is 4.15. The lowest BCUT2D eigenvalue weighted by molar-refractivity contribution is 0.0954. The second kappa shape index (κ2) is 5.28. The van der Waals surface area contributed by atoms with Crippen LogP contribution in [0.25, 0.3) is 0 Å². The number of carbonyl (C=O) groups is 1. The van der Waals surface area contributed by atoms with Crippen molar-refractivity contribution >= 4 is 11.6 Å². The quantitative estimate of drug-likeness (QED) is 0.730. The zero-order valence-corrected chi connectivity index (χ0v) is 13.8. The van der Waals surface area contributed by atoms with E-state index in [9.17, 15) is 4.79 Å². The minimum absolute atomic E-state index is 0.0857. The van der Waals surface area contributed by atoms with Gasteiger partial charge < -0.3 is 4.90 Å². The fraction of sp³-hybridized carbons (Fsp3) is 0.350. The van der Waals surface area contributed by atoms with E-state index in [0.717, 1.165) is 17.7 Å². The van der Waals surface area contributed by atoms with E-state index < -0.39 is 0 Å². The van der Waals surface area contributed by atoms with Gasteiger partial charge in [0.05, 0.1) is 0 Å². The lowest BCUT2D eigenvalue weighted by Gasteiger charge is -2.46. The van der Waals surface area contributed by atoms with Crippen molar-refractivity contribution in [3.05, 3.63) is 65.2 Å². The first-order valence-electron chi connectivity index (χ1n) is 7.90. The van der Waals surface area contributed by atoms with Crippen molar-refractivity contribution in [3.8, 4) is 0 Å². The van der Waals surface area contributed by atoms with E-state index in [4.69, 9.17) is 0 Å². The maximum atomic E-state index is 13.1. The van der Waals surface area contributed by atoms with Crippen LogP contribution in [-0.4, -0.2) is 11.4 Å². The molecule has 1 atom stereocenters. The molecule has 1 aliphatic heterocycles. The normalized spacial score (nSPS) is 19.6. The molecule has 1 amide bonds. The van der Waals surface area contributed by atoms with Gasteiger partial charge in [-0.2, -0.15) is 0 Å². The third-order valence-corrected chi connectivity index (χ3v) is 4.59. The Bertz CT molecular complexity index is 703. The van der Waals surface area contributed by atoms with Gasteiger partial charge in [-0.15, -0.1) is 0 Å². The van der Waals surface area contributed by atoms with Gasteiger partial charge in [0.15, 0.2) is 0 Å². The van der Waals surface area contributed by atoms with Crippen LogP contribution in [0, 0.1) is 6.92 Å². The van der Waals surface area contributed by atoms with Crippen LogP contribution in [-0.2, 0) is 0 Å². The van der Waals surface area contributed by atoms with Gasteiger partial charge >= 0.3 is 0 Å². The van der Waals surface area contributed by atoms with Crippen molar-refractivity contribution in [1.29, 1.82) is 0 Å². The fourth-order valence-corrected chi connectivity index (χ4v) is 3.64. The molecule has 3 rings (SSSR count). The predicted molar refractivity (Wildman–Crippen MR) is 91.5 cm³/mol. The molecule has 114 valence electrons. The minimum atomic E-state index is -0.186. The summed E-state index contributed by atoms with van der Waals surface area (Å²) in [5.74, 6) is 0.548. The molecule has 0 fully saturated rings. The second-order valence-electron chi connectivity index (χ2n) is 6.99. The topological polar surface area (TPSA) is 20.3 Å². The van der Waals surface area contributed by atoms with Gasteiger partial charge in [-0.05, 0) is 56.9 Å². The van der Waals surface area contributed by atoms with E-state index in [0.29, 0.717) is 5.92 Å². The molecular weight excluding hydrogens is 270 g/mol.